The first kappa shape index (κ1) is 16.4. The predicted octanol–water partition coefficient (Wildman–Crippen LogP) is 3.09. The highest BCUT2D eigenvalue weighted by Crippen LogP contribution is 2.25. The van der Waals surface area contributed by atoms with Gasteiger partial charge in [0.2, 0.25) is 0 Å². The van der Waals surface area contributed by atoms with E-state index in [9.17, 15) is 4.79 Å². The number of benzene rings is 1. The number of ether oxygens (including phenoxy) is 1. The summed E-state index contributed by atoms with van der Waals surface area (Å²) in [7, 11) is 1.55. The first-order valence-electron chi connectivity index (χ1n) is 7.55. The van der Waals surface area contributed by atoms with E-state index in [2.05, 4.69) is 26.0 Å². The highest BCUT2D eigenvalue weighted by molar-refractivity contribution is 6.03. The van der Waals surface area contributed by atoms with Crippen LogP contribution in [0.25, 0.3) is 0 Å². The molecule has 1 aromatic carbocycles. The molecule has 0 bridgehead atoms. The maximum atomic E-state index is 12.3. The van der Waals surface area contributed by atoms with Gasteiger partial charge < -0.3 is 19.9 Å². The van der Waals surface area contributed by atoms with Gasteiger partial charge in [-0.25, -0.2) is 0 Å². The molecule has 0 fully saturated rings. The van der Waals surface area contributed by atoms with E-state index >= 15 is 0 Å². The van der Waals surface area contributed by atoms with Gasteiger partial charge in [-0.1, -0.05) is 11.2 Å². The smallest absolute Gasteiger partial charge is 0.276 e. The van der Waals surface area contributed by atoms with Crippen LogP contribution in [0.1, 0.15) is 21.8 Å². The second kappa shape index (κ2) is 7.00. The molecule has 8 nitrogen and oxygen atoms in total. The first-order chi connectivity index (χ1) is 12.0. The summed E-state index contributed by atoms with van der Waals surface area (Å²) >= 11 is 0. The number of aromatic nitrogens is 3. The number of methoxy groups -OCH3 is 1. The van der Waals surface area contributed by atoms with E-state index in [0.29, 0.717) is 28.8 Å². The summed E-state index contributed by atoms with van der Waals surface area (Å²) in [6.07, 6.45) is 0. The van der Waals surface area contributed by atoms with Gasteiger partial charge in [-0.15, -0.1) is 10.2 Å². The molecule has 128 valence electrons. The normalized spacial score (nSPS) is 10.4. The van der Waals surface area contributed by atoms with Crippen molar-refractivity contribution in [2.45, 2.75) is 13.8 Å². The van der Waals surface area contributed by atoms with E-state index in [-0.39, 0.29) is 11.6 Å². The molecule has 3 aromatic rings. The number of aryl methyl sites for hydroxylation is 2. The molecule has 0 saturated heterocycles. The monoisotopic (exact) mass is 339 g/mol. The summed E-state index contributed by atoms with van der Waals surface area (Å²) in [5, 5.41) is 17.4. The number of hydrogen-bond donors (Lipinski definition) is 2. The van der Waals surface area contributed by atoms with E-state index in [4.69, 9.17) is 9.26 Å². The molecule has 25 heavy (non-hydrogen) atoms. The van der Waals surface area contributed by atoms with Gasteiger partial charge in [0.1, 0.15) is 11.5 Å². The summed E-state index contributed by atoms with van der Waals surface area (Å²) in [5.74, 6) is 1.86. The lowest BCUT2D eigenvalue weighted by Gasteiger charge is -2.10. The Hall–Kier alpha value is -3.42. The molecular formula is C17H17N5O3. The van der Waals surface area contributed by atoms with Crippen molar-refractivity contribution < 1.29 is 14.1 Å². The second-order valence-electron chi connectivity index (χ2n) is 5.41. The molecule has 1 amide bonds. The maximum absolute atomic E-state index is 12.3. The SMILES string of the molecule is COc1ccc(C)cc1NC(=O)c1ccc(Nc2cc(C)on2)nn1. The Morgan fingerprint density at radius 2 is 1.92 bits per heavy atom. The number of anilines is 3. The zero-order chi connectivity index (χ0) is 17.8. The van der Waals surface area contributed by atoms with Crippen LogP contribution in [-0.2, 0) is 0 Å². The van der Waals surface area contributed by atoms with Crippen LogP contribution in [0.15, 0.2) is 40.9 Å². The molecule has 0 aliphatic heterocycles. The van der Waals surface area contributed by atoms with Crippen molar-refractivity contribution in [2.75, 3.05) is 17.7 Å². The largest absolute Gasteiger partial charge is 0.495 e. The summed E-state index contributed by atoms with van der Waals surface area (Å²) in [4.78, 5) is 12.3. The highest BCUT2D eigenvalue weighted by atomic mass is 16.5. The van der Waals surface area contributed by atoms with Crippen molar-refractivity contribution in [1.82, 2.24) is 15.4 Å². The molecule has 2 aromatic heterocycles. The van der Waals surface area contributed by atoms with Gasteiger partial charge in [0.25, 0.3) is 5.91 Å². The van der Waals surface area contributed by atoms with Gasteiger partial charge in [0.15, 0.2) is 17.3 Å². The molecule has 0 unspecified atom stereocenters. The van der Waals surface area contributed by atoms with E-state index in [1.54, 1.807) is 38.3 Å². The summed E-state index contributed by atoms with van der Waals surface area (Å²) < 4.78 is 10.2. The van der Waals surface area contributed by atoms with Crippen molar-refractivity contribution in [2.24, 2.45) is 0 Å². The highest BCUT2D eigenvalue weighted by Gasteiger charge is 2.12. The molecule has 2 heterocycles. The van der Waals surface area contributed by atoms with Crippen molar-refractivity contribution in [3.05, 3.63) is 53.4 Å². The lowest BCUT2D eigenvalue weighted by atomic mass is 10.2. The van der Waals surface area contributed by atoms with Crippen LogP contribution in [0.5, 0.6) is 5.75 Å². The molecule has 0 radical (unpaired) electrons. The standard InChI is InChI=1S/C17H17N5O3/c1-10-4-6-14(24-3)13(8-10)18-17(23)12-5-7-15(21-20-12)19-16-9-11(2)25-22-16/h4-9H,1-3H3,(H,18,23)(H,19,21,22). The molecular weight excluding hydrogens is 322 g/mol. The Balaban J connectivity index is 1.71. The van der Waals surface area contributed by atoms with Crippen LogP contribution in [-0.4, -0.2) is 28.4 Å². The van der Waals surface area contributed by atoms with Crippen LogP contribution in [0.2, 0.25) is 0 Å². The molecule has 2 N–H and O–H groups in total. The van der Waals surface area contributed by atoms with Crippen LogP contribution >= 0.6 is 0 Å². The van der Waals surface area contributed by atoms with Gasteiger partial charge in [0, 0.05) is 6.07 Å². The Kier molecular flexibility index (Phi) is 4.60. The summed E-state index contributed by atoms with van der Waals surface area (Å²) in [6.45, 7) is 3.72. The molecule has 0 saturated carbocycles. The number of amides is 1. The minimum atomic E-state index is -0.375. The van der Waals surface area contributed by atoms with Gasteiger partial charge in [-0.2, -0.15) is 0 Å². The average molecular weight is 339 g/mol. The van der Waals surface area contributed by atoms with Gasteiger partial charge in [-0.05, 0) is 43.7 Å². The minimum Gasteiger partial charge on any atom is -0.495 e. The molecule has 0 spiro atoms. The van der Waals surface area contributed by atoms with Crippen LogP contribution in [0, 0.1) is 13.8 Å². The lowest BCUT2D eigenvalue weighted by molar-refractivity contribution is 0.102. The number of nitrogens with one attached hydrogen (secondary N) is 2. The number of nitrogens with zero attached hydrogens (tertiary/aromatic N) is 3. The molecule has 0 aliphatic carbocycles. The Morgan fingerprint density at radius 3 is 2.56 bits per heavy atom. The van der Waals surface area contributed by atoms with Crippen LogP contribution < -0.4 is 15.4 Å². The fourth-order valence-electron chi connectivity index (χ4n) is 2.18. The molecule has 0 aliphatic rings. The maximum Gasteiger partial charge on any atom is 0.276 e. The third kappa shape index (κ3) is 3.92. The number of carbonyl (C=O) groups excluding carboxylic acids is 1. The average Bonchev–Trinajstić information content (AvgIpc) is 3.00. The molecule has 3 rings (SSSR count). The first-order valence-corrected chi connectivity index (χ1v) is 7.55. The zero-order valence-electron chi connectivity index (χ0n) is 14.0. The molecule has 0 atom stereocenters. The Bertz CT molecular complexity index is 890. The quantitative estimate of drug-likeness (QED) is 0.736. The van der Waals surface area contributed by atoms with Gasteiger partial charge in [0.05, 0.1) is 12.8 Å². The van der Waals surface area contributed by atoms with Crippen molar-refractivity contribution in [1.29, 1.82) is 0 Å². The van der Waals surface area contributed by atoms with E-state index in [1.807, 2.05) is 19.1 Å². The van der Waals surface area contributed by atoms with E-state index in [1.165, 1.54) is 0 Å². The predicted molar refractivity (Wildman–Crippen MR) is 92.2 cm³/mol. The second-order valence-corrected chi connectivity index (χ2v) is 5.41. The third-order valence-electron chi connectivity index (χ3n) is 3.38. The minimum absolute atomic E-state index is 0.186. The van der Waals surface area contributed by atoms with E-state index < -0.39 is 0 Å². The fourth-order valence-corrected chi connectivity index (χ4v) is 2.18. The van der Waals surface area contributed by atoms with Gasteiger partial charge >= 0.3 is 0 Å². The van der Waals surface area contributed by atoms with Crippen molar-refractivity contribution in [3.8, 4) is 5.75 Å². The van der Waals surface area contributed by atoms with Crippen molar-refractivity contribution in [3.63, 3.8) is 0 Å². The van der Waals surface area contributed by atoms with Crippen LogP contribution in [0.3, 0.4) is 0 Å². The zero-order valence-corrected chi connectivity index (χ0v) is 14.0. The third-order valence-corrected chi connectivity index (χ3v) is 3.38. The fraction of sp³-hybridized carbons (Fsp3) is 0.176. The van der Waals surface area contributed by atoms with Gasteiger partial charge in [-0.3, -0.25) is 4.79 Å². The Labute approximate surface area is 144 Å². The summed E-state index contributed by atoms with van der Waals surface area (Å²) in [6, 6.07) is 10.5. The van der Waals surface area contributed by atoms with E-state index in [0.717, 1.165) is 5.56 Å². The molecule has 8 heteroatoms. The lowest BCUT2D eigenvalue weighted by Crippen LogP contribution is -2.15. The van der Waals surface area contributed by atoms with Crippen LogP contribution in [0.4, 0.5) is 17.3 Å². The topological polar surface area (TPSA) is 102 Å². The van der Waals surface area contributed by atoms with Crippen molar-refractivity contribution >= 4 is 23.2 Å². The number of rotatable bonds is 5. The Morgan fingerprint density at radius 1 is 1.08 bits per heavy atom. The number of hydrogen-bond acceptors (Lipinski definition) is 7. The summed E-state index contributed by atoms with van der Waals surface area (Å²) in [5.41, 5.74) is 1.77. The number of carbonyl (C=O) groups is 1.